The van der Waals surface area contributed by atoms with Gasteiger partial charge in [-0.25, -0.2) is 0 Å². The Morgan fingerprint density at radius 2 is 2.24 bits per heavy atom. The second-order valence-corrected chi connectivity index (χ2v) is 4.52. The summed E-state index contributed by atoms with van der Waals surface area (Å²) in [7, 11) is 1.51. The number of nitrogens with one attached hydrogen (secondary N) is 2. The number of methoxy groups -OCH3 is 1. The van der Waals surface area contributed by atoms with E-state index < -0.39 is 5.91 Å². The van der Waals surface area contributed by atoms with Gasteiger partial charge in [0.15, 0.2) is 18.1 Å². The molecule has 1 rings (SSSR count). The minimum Gasteiger partial charge on any atom is -0.493 e. The largest absolute Gasteiger partial charge is 0.493 e. The van der Waals surface area contributed by atoms with E-state index in [2.05, 4.69) is 10.6 Å². The van der Waals surface area contributed by atoms with Gasteiger partial charge >= 0.3 is 0 Å². The summed E-state index contributed by atoms with van der Waals surface area (Å²) in [4.78, 5) is 11.4. The average molecular weight is 312 g/mol. The van der Waals surface area contributed by atoms with Gasteiger partial charge in [0.25, 0.3) is 5.91 Å². The van der Waals surface area contributed by atoms with Gasteiger partial charge in [-0.15, -0.1) is 0 Å². The normalized spacial score (nSPS) is 9.81. The number of hydrogen-bond donors (Lipinski definition) is 2. The molecule has 0 saturated heterocycles. The molecule has 0 fully saturated rings. The maximum absolute atomic E-state index is 11.4. The number of benzene rings is 1. The van der Waals surface area contributed by atoms with Gasteiger partial charge in [-0.05, 0) is 24.2 Å². The van der Waals surface area contributed by atoms with Crippen LogP contribution in [0.3, 0.4) is 0 Å². The van der Waals surface area contributed by atoms with Crippen molar-refractivity contribution in [1.82, 2.24) is 10.6 Å². The minimum atomic E-state index is -0.397. The summed E-state index contributed by atoms with van der Waals surface area (Å²) in [6.45, 7) is 3.22. The van der Waals surface area contributed by atoms with Gasteiger partial charge in [-0.3, -0.25) is 4.79 Å². The Morgan fingerprint density at radius 1 is 1.48 bits per heavy atom. The second-order valence-electron chi connectivity index (χ2n) is 4.11. The second kappa shape index (κ2) is 9.06. The monoisotopic (exact) mass is 311 g/mol. The topological polar surface area (TPSA) is 83.4 Å². The number of halogens is 1. The van der Waals surface area contributed by atoms with Gasteiger partial charge in [0.2, 0.25) is 0 Å². The van der Waals surface area contributed by atoms with Gasteiger partial charge in [-0.1, -0.05) is 18.5 Å². The molecule has 1 aromatic carbocycles. The molecule has 0 bridgehead atoms. The van der Waals surface area contributed by atoms with Crippen LogP contribution in [0, 0.1) is 11.3 Å². The predicted molar refractivity (Wildman–Crippen MR) is 79.5 cm³/mol. The smallest absolute Gasteiger partial charge is 0.258 e. The van der Waals surface area contributed by atoms with Crippen LogP contribution >= 0.6 is 11.6 Å². The molecule has 0 radical (unpaired) electrons. The fraction of sp³-hybridized carbons (Fsp3) is 0.429. The SMILES string of the molecule is CCNCc1cc(Cl)c(OCC(=O)NCC#N)c(OC)c1. The molecule has 6 nitrogen and oxygen atoms in total. The highest BCUT2D eigenvalue weighted by molar-refractivity contribution is 6.32. The first kappa shape index (κ1) is 17.1. The zero-order chi connectivity index (χ0) is 15.7. The van der Waals surface area contributed by atoms with E-state index in [-0.39, 0.29) is 13.2 Å². The van der Waals surface area contributed by atoms with Gasteiger partial charge in [-0.2, -0.15) is 5.26 Å². The lowest BCUT2D eigenvalue weighted by atomic mass is 10.2. The molecule has 21 heavy (non-hydrogen) atoms. The first-order valence-corrected chi connectivity index (χ1v) is 6.83. The van der Waals surface area contributed by atoms with Crippen LogP contribution in [-0.4, -0.2) is 32.7 Å². The van der Waals surface area contributed by atoms with Gasteiger partial charge < -0.3 is 20.1 Å². The highest BCUT2D eigenvalue weighted by Crippen LogP contribution is 2.36. The van der Waals surface area contributed by atoms with Crippen molar-refractivity contribution in [3.8, 4) is 17.6 Å². The Balaban J connectivity index is 2.77. The van der Waals surface area contributed by atoms with E-state index in [0.717, 1.165) is 12.1 Å². The molecule has 0 aliphatic rings. The van der Waals surface area contributed by atoms with E-state index in [1.165, 1.54) is 7.11 Å². The number of rotatable bonds is 8. The molecule has 1 amide bonds. The van der Waals surface area contributed by atoms with Gasteiger partial charge in [0, 0.05) is 6.54 Å². The fourth-order valence-electron chi connectivity index (χ4n) is 1.61. The molecule has 1 aromatic rings. The summed E-state index contributed by atoms with van der Waals surface area (Å²) in [5.41, 5.74) is 0.958. The molecule has 0 unspecified atom stereocenters. The third-order valence-electron chi connectivity index (χ3n) is 2.58. The Hall–Kier alpha value is -1.97. The quantitative estimate of drug-likeness (QED) is 0.710. The maximum Gasteiger partial charge on any atom is 0.258 e. The highest BCUT2D eigenvalue weighted by atomic mass is 35.5. The van der Waals surface area contributed by atoms with E-state index in [1.54, 1.807) is 12.1 Å². The summed E-state index contributed by atoms with van der Waals surface area (Å²) in [5, 5.41) is 14.3. The molecule has 114 valence electrons. The lowest BCUT2D eigenvalue weighted by molar-refractivity contribution is -0.122. The predicted octanol–water partition coefficient (Wildman–Crippen LogP) is 1.48. The molecule has 0 saturated carbocycles. The number of amides is 1. The van der Waals surface area contributed by atoms with Crippen molar-refractivity contribution in [2.45, 2.75) is 13.5 Å². The Bertz CT molecular complexity index is 529. The number of ether oxygens (including phenoxy) is 2. The van der Waals surface area contributed by atoms with Crippen LogP contribution < -0.4 is 20.1 Å². The summed E-state index contributed by atoms with van der Waals surface area (Å²) >= 11 is 6.16. The first-order chi connectivity index (χ1) is 10.1. The molecule has 0 aromatic heterocycles. The molecule has 0 spiro atoms. The van der Waals surface area contributed by atoms with Crippen LogP contribution in [0.5, 0.6) is 11.5 Å². The van der Waals surface area contributed by atoms with Gasteiger partial charge in [0.1, 0.15) is 6.54 Å². The molecule has 0 aliphatic heterocycles. The molecule has 0 aliphatic carbocycles. The van der Waals surface area contributed by atoms with Crippen LogP contribution in [0.1, 0.15) is 12.5 Å². The summed E-state index contributed by atoms with van der Waals surface area (Å²) < 4.78 is 10.6. The van der Waals surface area contributed by atoms with E-state index in [4.69, 9.17) is 26.3 Å². The van der Waals surface area contributed by atoms with Crippen LogP contribution in [0.25, 0.3) is 0 Å². The molecule has 0 heterocycles. The van der Waals surface area contributed by atoms with Crippen LogP contribution in [-0.2, 0) is 11.3 Å². The third kappa shape index (κ3) is 5.50. The Morgan fingerprint density at radius 3 is 2.86 bits per heavy atom. The van der Waals surface area contributed by atoms with Crippen molar-refractivity contribution in [1.29, 1.82) is 5.26 Å². The van der Waals surface area contributed by atoms with Crippen molar-refractivity contribution in [3.05, 3.63) is 22.7 Å². The van der Waals surface area contributed by atoms with Crippen molar-refractivity contribution in [2.75, 3.05) is 26.8 Å². The molecular weight excluding hydrogens is 294 g/mol. The van der Waals surface area contributed by atoms with Crippen molar-refractivity contribution in [3.63, 3.8) is 0 Å². The number of carbonyl (C=O) groups is 1. The first-order valence-electron chi connectivity index (χ1n) is 6.46. The standard InChI is InChI=1S/C14H18ClN3O3/c1-3-17-8-10-6-11(15)14(12(7-10)20-2)21-9-13(19)18-5-4-16/h6-7,17H,3,5,8-9H2,1-2H3,(H,18,19). The number of carbonyl (C=O) groups excluding carboxylic acids is 1. The lowest BCUT2D eigenvalue weighted by Gasteiger charge is -2.14. The van der Waals surface area contributed by atoms with Crippen molar-refractivity contribution >= 4 is 17.5 Å². The van der Waals surface area contributed by atoms with E-state index in [1.807, 2.05) is 13.0 Å². The third-order valence-corrected chi connectivity index (χ3v) is 2.86. The fourth-order valence-corrected chi connectivity index (χ4v) is 1.90. The van der Waals surface area contributed by atoms with Crippen LogP contribution in [0.2, 0.25) is 5.02 Å². The zero-order valence-electron chi connectivity index (χ0n) is 12.0. The van der Waals surface area contributed by atoms with Crippen LogP contribution in [0.15, 0.2) is 12.1 Å². The zero-order valence-corrected chi connectivity index (χ0v) is 12.8. The summed E-state index contributed by atoms with van der Waals surface area (Å²) in [5.74, 6) is 0.376. The maximum atomic E-state index is 11.4. The molecule has 0 atom stereocenters. The highest BCUT2D eigenvalue weighted by Gasteiger charge is 2.13. The van der Waals surface area contributed by atoms with Crippen molar-refractivity contribution < 1.29 is 14.3 Å². The van der Waals surface area contributed by atoms with Crippen molar-refractivity contribution in [2.24, 2.45) is 0 Å². The number of nitrogens with zero attached hydrogens (tertiary/aromatic N) is 1. The molecule has 2 N–H and O–H groups in total. The Labute approximate surface area is 129 Å². The van der Waals surface area contributed by atoms with E-state index in [0.29, 0.717) is 23.1 Å². The van der Waals surface area contributed by atoms with E-state index in [9.17, 15) is 4.79 Å². The minimum absolute atomic E-state index is 0.0608. The molecular formula is C14H18ClN3O3. The van der Waals surface area contributed by atoms with E-state index >= 15 is 0 Å². The lowest BCUT2D eigenvalue weighted by Crippen LogP contribution is -2.29. The number of hydrogen-bond acceptors (Lipinski definition) is 5. The molecule has 7 heteroatoms. The summed E-state index contributed by atoms with van der Waals surface area (Å²) in [6.07, 6.45) is 0. The Kier molecular flexibility index (Phi) is 7.37. The average Bonchev–Trinajstić information content (AvgIpc) is 2.49. The summed E-state index contributed by atoms with van der Waals surface area (Å²) in [6, 6.07) is 5.37. The van der Waals surface area contributed by atoms with Gasteiger partial charge in [0.05, 0.1) is 18.2 Å². The van der Waals surface area contributed by atoms with Crippen LogP contribution in [0.4, 0.5) is 0 Å². The number of nitriles is 1.